The Balaban J connectivity index is 0.978. The minimum absolute atomic E-state index is 0.810. The first-order valence-electron chi connectivity index (χ1n) is 22.7. The van der Waals surface area contributed by atoms with Gasteiger partial charge in [-0.2, -0.15) is 0 Å². The van der Waals surface area contributed by atoms with Gasteiger partial charge < -0.3 is 23.1 Å². The quantitative estimate of drug-likeness (QED) is 0.149. The maximum atomic E-state index is 7.12. The van der Waals surface area contributed by atoms with Crippen LogP contribution in [0, 0.1) is 0 Å². The van der Waals surface area contributed by atoms with Crippen LogP contribution >= 0.6 is 0 Å². The van der Waals surface area contributed by atoms with Crippen molar-refractivity contribution in [3.63, 3.8) is 0 Å². The van der Waals surface area contributed by atoms with Crippen molar-refractivity contribution in [1.29, 1.82) is 0 Å². The van der Waals surface area contributed by atoms with Crippen LogP contribution in [-0.2, 0) is 0 Å². The predicted molar refractivity (Wildman–Crippen MR) is 278 cm³/mol. The number of hydrogen-bond acceptors (Lipinski definition) is 5. The van der Waals surface area contributed by atoms with E-state index >= 15 is 0 Å². The van der Waals surface area contributed by atoms with Gasteiger partial charge in [-0.25, -0.2) is 0 Å². The van der Waals surface area contributed by atoms with Gasteiger partial charge in [0.2, 0.25) is 0 Å². The van der Waals surface area contributed by atoms with Gasteiger partial charge in [-0.1, -0.05) is 140 Å². The van der Waals surface area contributed by atoms with Crippen molar-refractivity contribution in [3.05, 3.63) is 231 Å². The first-order chi connectivity index (χ1) is 33.2. The summed E-state index contributed by atoms with van der Waals surface area (Å²) >= 11 is 0. The second kappa shape index (κ2) is 14.7. The molecule has 14 rings (SSSR count). The lowest BCUT2D eigenvalue weighted by molar-refractivity contribution is 0.668. The second-order valence-corrected chi connectivity index (χ2v) is 17.2. The minimum Gasteiger partial charge on any atom is -0.456 e. The molecule has 3 aromatic heterocycles. The Morgan fingerprint density at radius 1 is 0.254 bits per heavy atom. The Kier molecular flexibility index (Phi) is 8.21. The standard InChI is InChI=1S/C62H38N2O3/c1-3-16-39(17-4-1)44-20-9-12-26-54(44)64(43-30-33-48-46-22-10-13-28-56(46)65-58(48)37-43)41-31-34-51-53(36-41)45-21-7-8-24-49(45)60-52-35-32-42(38-59(52)67-62(51)60)63(40-18-5-2-6-19-40)55-27-15-25-50-47-23-11-14-29-57(47)66-61(50)55/h1-38H. The fourth-order valence-corrected chi connectivity index (χ4v) is 10.4. The van der Waals surface area contributed by atoms with Crippen molar-refractivity contribution in [3.8, 4) is 11.1 Å². The van der Waals surface area contributed by atoms with Crippen molar-refractivity contribution in [2.75, 3.05) is 9.80 Å². The number of para-hydroxylation sites is 5. The Hall–Kier alpha value is -9.06. The summed E-state index contributed by atoms with van der Waals surface area (Å²) < 4.78 is 20.2. The van der Waals surface area contributed by atoms with E-state index in [0.717, 1.165) is 133 Å². The molecule has 314 valence electrons. The third-order valence-electron chi connectivity index (χ3n) is 13.4. The summed E-state index contributed by atoms with van der Waals surface area (Å²) in [6.45, 7) is 0. The van der Waals surface area contributed by atoms with E-state index < -0.39 is 0 Å². The molecule has 0 aliphatic rings. The molecule has 0 unspecified atom stereocenters. The fraction of sp³-hybridized carbons (Fsp3) is 0. The number of nitrogens with zero attached hydrogens (tertiary/aromatic N) is 2. The van der Waals surface area contributed by atoms with Crippen LogP contribution in [0.3, 0.4) is 0 Å². The van der Waals surface area contributed by atoms with Gasteiger partial charge in [0.25, 0.3) is 0 Å². The summed E-state index contributed by atoms with van der Waals surface area (Å²) in [6, 6.07) is 81.3. The second-order valence-electron chi connectivity index (χ2n) is 17.2. The maximum absolute atomic E-state index is 7.12. The van der Waals surface area contributed by atoms with Crippen molar-refractivity contribution < 1.29 is 13.3 Å². The van der Waals surface area contributed by atoms with Crippen LogP contribution in [-0.4, -0.2) is 0 Å². The summed E-state index contributed by atoms with van der Waals surface area (Å²) in [5, 5.41) is 11.0. The average molecular weight is 859 g/mol. The zero-order valence-electron chi connectivity index (χ0n) is 36.1. The van der Waals surface area contributed by atoms with Crippen molar-refractivity contribution in [1.82, 2.24) is 0 Å². The molecule has 3 heterocycles. The van der Waals surface area contributed by atoms with Gasteiger partial charge in [0.15, 0.2) is 5.58 Å². The molecule has 0 atom stereocenters. The van der Waals surface area contributed by atoms with E-state index in [0.29, 0.717) is 0 Å². The molecule has 5 nitrogen and oxygen atoms in total. The van der Waals surface area contributed by atoms with Crippen LogP contribution in [0.4, 0.5) is 34.1 Å². The highest BCUT2D eigenvalue weighted by atomic mass is 16.3. The third kappa shape index (κ3) is 5.81. The van der Waals surface area contributed by atoms with E-state index in [4.69, 9.17) is 13.3 Å². The summed E-state index contributed by atoms with van der Waals surface area (Å²) in [7, 11) is 0. The van der Waals surface area contributed by atoms with Crippen LogP contribution < -0.4 is 9.80 Å². The lowest BCUT2D eigenvalue weighted by atomic mass is 9.96. The highest BCUT2D eigenvalue weighted by Crippen LogP contribution is 2.48. The highest BCUT2D eigenvalue weighted by molar-refractivity contribution is 6.30. The molecule has 0 amide bonds. The molecular formula is C62H38N2O3. The Labute approximate surface area is 384 Å². The zero-order chi connectivity index (χ0) is 44.0. The van der Waals surface area contributed by atoms with Crippen molar-refractivity contribution in [2.45, 2.75) is 0 Å². The van der Waals surface area contributed by atoms with E-state index in [1.54, 1.807) is 0 Å². The maximum Gasteiger partial charge on any atom is 0.159 e. The Morgan fingerprint density at radius 3 is 1.52 bits per heavy atom. The molecule has 11 aromatic carbocycles. The van der Waals surface area contributed by atoms with E-state index in [-0.39, 0.29) is 0 Å². The summed E-state index contributed by atoms with van der Waals surface area (Å²) in [5.74, 6) is 0. The zero-order valence-corrected chi connectivity index (χ0v) is 36.1. The van der Waals surface area contributed by atoms with Crippen LogP contribution in [0.25, 0.3) is 98.5 Å². The van der Waals surface area contributed by atoms with Gasteiger partial charge in [0.05, 0.1) is 17.1 Å². The van der Waals surface area contributed by atoms with Gasteiger partial charge in [-0.05, 0) is 101 Å². The Morgan fingerprint density at radius 2 is 0.746 bits per heavy atom. The minimum atomic E-state index is 0.810. The van der Waals surface area contributed by atoms with E-state index in [9.17, 15) is 0 Å². The third-order valence-corrected chi connectivity index (χ3v) is 13.4. The Bertz CT molecular complexity index is 4240. The topological polar surface area (TPSA) is 45.9 Å². The fourth-order valence-electron chi connectivity index (χ4n) is 10.4. The number of benzene rings is 11. The van der Waals surface area contributed by atoms with Crippen molar-refractivity contribution in [2.24, 2.45) is 0 Å². The van der Waals surface area contributed by atoms with Crippen molar-refractivity contribution >= 4 is 121 Å². The van der Waals surface area contributed by atoms with E-state index in [1.165, 1.54) is 0 Å². The van der Waals surface area contributed by atoms with Crippen LogP contribution in [0.5, 0.6) is 0 Å². The monoisotopic (exact) mass is 858 g/mol. The first kappa shape index (κ1) is 37.3. The largest absolute Gasteiger partial charge is 0.456 e. The lowest BCUT2D eigenvalue weighted by Crippen LogP contribution is -2.11. The summed E-state index contributed by atoms with van der Waals surface area (Å²) in [6.07, 6.45) is 0. The number of fused-ring (bicyclic) bond motifs is 14. The molecular weight excluding hydrogens is 821 g/mol. The molecule has 0 radical (unpaired) electrons. The molecule has 0 bridgehead atoms. The molecule has 0 aliphatic carbocycles. The average Bonchev–Trinajstić information content (AvgIpc) is 4.09. The van der Waals surface area contributed by atoms with Crippen LogP contribution in [0.2, 0.25) is 0 Å². The molecule has 5 heteroatoms. The molecule has 0 saturated carbocycles. The highest BCUT2D eigenvalue weighted by Gasteiger charge is 2.24. The molecule has 0 spiro atoms. The smallest absolute Gasteiger partial charge is 0.159 e. The lowest BCUT2D eigenvalue weighted by Gasteiger charge is -2.28. The summed E-state index contributed by atoms with van der Waals surface area (Å²) in [5.41, 5.74) is 13.4. The normalized spacial score (nSPS) is 11.9. The number of furan rings is 3. The van der Waals surface area contributed by atoms with Gasteiger partial charge in [-0.3, -0.25) is 0 Å². The number of hydrogen-bond donors (Lipinski definition) is 0. The SMILES string of the molecule is c1ccc(-c2ccccc2N(c2ccc3c(c2)oc2ccccc23)c2ccc3c(c2)c2ccccc2c2c4ccc(N(c5ccccc5)c5cccc6c5oc5ccccc56)cc4oc32)cc1. The predicted octanol–water partition coefficient (Wildman–Crippen LogP) is 18.3. The molecule has 67 heavy (non-hydrogen) atoms. The molecule has 0 aliphatic heterocycles. The molecule has 14 aromatic rings. The van der Waals surface area contributed by atoms with Crippen LogP contribution in [0.1, 0.15) is 0 Å². The van der Waals surface area contributed by atoms with E-state index in [2.05, 4.69) is 210 Å². The molecule has 0 saturated heterocycles. The van der Waals surface area contributed by atoms with Gasteiger partial charge in [0, 0.05) is 72.5 Å². The van der Waals surface area contributed by atoms with Crippen LogP contribution in [0.15, 0.2) is 244 Å². The number of anilines is 6. The van der Waals surface area contributed by atoms with Gasteiger partial charge in [-0.15, -0.1) is 0 Å². The van der Waals surface area contributed by atoms with Gasteiger partial charge >= 0.3 is 0 Å². The number of rotatable bonds is 7. The summed E-state index contributed by atoms with van der Waals surface area (Å²) in [4.78, 5) is 4.63. The van der Waals surface area contributed by atoms with Gasteiger partial charge in [0.1, 0.15) is 27.9 Å². The van der Waals surface area contributed by atoms with E-state index in [1.807, 2.05) is 30.3 Å². The molecule has 0 fully saturated rings. The first-order valence-corrected chi connectivity index (χ1v) is 22.7. The molecule has 0 N–H and O–H groups in total.